The maximum Gasteiger partial charge on any atom is 0.270 e. The lowest BCUT2D eigenvalue weighted by molar-refractivity contribution is -0.384. The van der Waals surface area contributed by atoms with Crippen LogP contribution in [0.15, 0.2) is 30.6 Å². The fourth-order valence-corrected chi connectivity index (χ4v) is 1.95. The number of rotatable bonds is 5. The average molecular weight is 303 g/mol. The maximum absolute atomic E-state index is 12.2. The van der Waals surface area contributed by atoms with Gasteiger partial charge in [-0.05, 0) is 12.0 Å². The lowest BCUT2D eigenvalue weighted by Crippen LogP contribution is -2.14. The van der Waals surface area contributed by atoms with Gasteiger partial charge in [0.1, 0.15) is 0 Å². The van der Waals surface area contributed by atoms with E-state index >= 15 is 0 Å². The number of carbonyl (C=O) groups excluding carboxylic acids is 1. The number of anilines is 2. The molecule has 0 saturated carbocycles. The van der Waals surface area contributed by atoms with E-state index < -0.39 is 10.8 Å². The van der Waals surface area contributed by atoms with E-state index in [0.29, 0.717) is 11.6 Å². The topological polar surface area (TPSA) is 116 Å². The fraction of sp³-hybridized carbons (Fsp3) is 0.286. The van der Waals surface area contributed by atoms with Gasteiger partial charge in [-0.15, -0.1) is 0 Å². The van der Waals surface area contributed by atoms with Gasteiger partial charge >= 0.3 is 0 Å². The molecule has 8 nitrogen and oxygen atoms in total. The van der Waals surface area contributed by atoms with Gasteiger partial charge in [-0.2, -0.15) is 5.10 Å². The summed E-state index contributed by atoms with van der Waals surface area (Å²) in [6.07, 6.45) is 3.22. The summed E-state index contributed by atoms with van der Waals surface area (Å²) in [4.78, 5) is 22.4. The molecule has 1 heterocycles. The minimum Gasteiger partial charge on any atom is -0.398 e. The molecule has 0 aliphatic heterocycles. The van der Waals surface area contributed by atoms with Crippen molar-refractivity contribution < 1.29 is 9.72 Å². The number of hydrogen-bond acceptors (Lipinski definition) is 5. The monoisotopic (exact) mass is 303 g/mol. The van der Waals surface area contributed by atoms with Crippen LogP contribution in [0.1, 0.15) is 24.2 Å². The number of nitrogen functional groups attached to an aromatic ring is 1. The first kappa shape index (κ1) is 15.5. The predicted octanol–water partition coefficient (Wildman–Crippen LogP) is 2.28. The summed E-state index contributed by atoms with van der Waals surface area (Å²) < 4.78 is 1.72. The molecular formula is C14H17N5O3. The third-order valence-electron chi connectivity index (χ3n) is 2.94. The van der Waals surface area contributed by atoms with E-state index in [-0.39, 0.29) is 16.9 Å². The van der Waals surface area contributed by atoms with E-state index in [1.54, 1.807) is 10.9 Å². The third kappa shape index (κ3) is 3.60. The zero-order chi connectivity index (χ0) is 16.3. The van der Waals surface area contributed by atoms with Gasteiger partial charge in [0.05, 0.1) is 22.4 Å². The van der Waals surface area contributed by atoms with Crippen molar-refractivity contribution in [2.24, 2.45) is 5.92 Å². The van der Waals surface area contributed by atoms with Crippen LogP contribution in [0.4, 0.5) is 17.1 Å². The first-order valence-corrected chi connectivity index (χ1v) is 6.74. The number of hydrogen-bond donors (Lipinski definition) is 2. The molecule has 116 valence electrons. The number of nitrogens with zero attached hydrogens (tertiary/aromatic N) is 3. The molecule has 2 rings (SSSR count). The van der Waals surface area contributed by atoms with Gasteiger partial charge in [-0.25, -0.2) is 0 Å². The van der Waals surface area contributed by atoms with Crippen LogP contribution in [-0.2, 0) is 6.54 Å². The van der Waals surface area contributed by atoms with E-state index in [9.17, 15) is 14.9 Å². The minimum atomic E-state index is -0.573. The molecule has 1 aromatic carbocycles. The molecule has 0 aliphatic rings. The van der Waals surface area contributed by atoms with Crippen LogP contribution >= 0.6 is 0 Å². The van der Waals surface area contributed by atoms with Crippen molar-refractivity contribution in [3.05, 3.63) is 46.3 Å². The van der Waals surface area contributed by atoms with E-state index in [2.05, 4.69) is 24.3 Å². The van der Waals surface area contributed by atoms with Crippen molar-refractivity contribution in [1.82, 2.24) is 9.78 Å². The number of non-ortho nitro benzene ring substituents is 1. The molecule has 0 radical (unpaired) electrons. The summed E-state index contributed by atoms with van der Waals surface area (Å²) in [5, 5.41) is 17.5. The molecule has 0 bridgehead atoms. The molecule has 1 amide bonds. The number of nitrogens with one attached hydrogen (secondary N) is 1. The number of carbonyl (C=O) groups is 1. The Hall–Kier alpha value is -2.90. The fourth-order valence-electron chi connectivity index (χ4n) is 1.95. The van der Waals surface area contributed by atoms with Gasteiger partial charge in [-0.3, -0.25) is 19.6 Å². The van der Waals surface area contributed by atoms with Crippen LogP contribution in [-0.4, -0.2) is 20.6 Å². The van der Waals surface area contributed by atoms with E-state index in [1.165, 1.54) is 18.3 Å². The summed E-state index contributed by atoms with van der Waals surface area (Å²) >= 11 is 0. The van der Waals surface area contributed by atoms with Crippen LogP contribution in [0.25, 0.3) is 0 Å². The van der Waals surface area contributed by atoms with Gasteiger partial charge in [0, 0.05) is 30.6 Å². The van der Waals surface area contributed by atoms with E-state index in [1.807, 2.05) is 0 Å². The molecule has 0 spiro atoms. The minimum absolute atomic E-state index is 0.0609. The summed E-state index contributed by atoms with van der Waals surface area (Å²) in [5.41, 5.74) is 6.28. The molecule has 0 unspecified atom stereocenters. The first-order chi connectivity index (χ1) is 10.4. The number of nitro groups is 1. The summed E-state index contributed by atoms with van der Waals surface area (Å²) in [6, 6.07) is 3.76. The van der Waals surface area contributed by atoms with Gasteiger partial charge < -0.3 is 11.1 Å². The molecule has 0 saturated heterocycles. The SMILES string of the molecule is CC(C)Cn1cc(NC(=O)c2cc([N+](=O)[O-])ccc2N)cn1. The molecule has 2 aromatic rings. The highest BCUT2D eigenvalue weighted by Gasteiger charge is 2.16. The van der Waals surface area contributed by atoms with Crippen LogP contribution in [0, 0.1) is 16.0 Å². The number of nitrogens with two attached hydrogens (primary N) is 1. The van der Waals surface area contributed by atoms with Gasteiger partial charge in [-0.1, -0.05) is 13.8 Å². The highest BCUT2D eigenvalue weighted by atomic mass is 16.6. The molecule has 0 aliphatic carbocycles. The third-order valence-corrected chi connectivity index (χ3v) is 2.94. The largest absolute Gasteiger partial charge is 0.398 e. The van der Waals surface area contributed by atoms with Crippen molar-refractivity contribution in [3.63, 3.8) is 0 Å². The Morgan fingerprint density at radius 2 is 2.23 bits per heavy atom. The van der Waals surface area contributed by atoms with Crippen LogP contribution < -0.4 is 11.1 Å². The van der Waals surface area contributed by atoms with Crippen molar-refractivity contribution >= 4 is 23.0 Å². The maximum atomic E-state index is 12.2. The molecule has 3 N–H and O–H groups in total. The lowest BCUT2D eigenvalue weighted by Gasteiger charge is -2.06. The van der Waals surface area contributed by atoms with Crippen molar-refractivity contribution in [2.75, 3.05) is 11.1 Å². The second-order valence-corrected chi connectivity index (χ2v) is 5.33. The number of aromatic nitrogens is 2. The molecular weight excluding hydrogens is 286 g/mol. The van der Waals surface area contributed by atoms with Gasteiger partial charge in [0.25, 0.3) is 11.6 Å². The Balaban J connectivity index is 2.17. The average Bonchev–Trinajstić information content (AvgIpc) is 2.85. The van der Waals surface area contributed by atoms with Gasteiger partial charge in [0.15, 0.2) is 0 Å². The van der Waals surface area contributed by atoms with Crippen molar-refractivity contribution in [1.29, 1.82) is 0 Å². The lowest BCUT2D eigenvalue weighted by atomic mass is 10.1. The molecule has 22 heavy (non-hydrogen) atoms. The molecule has 8 heteroatoms. The summed E-state index contributed by atoms with van der Waals surface area (Å²) in [7, 11) is 0. The van der Waals surface area contributed by atoms with Crippen LogP contribution in [0.2, 0.25) is 0 Å². The number of nitro benzene ring substituents is 1. The Labute approximate surface area is 127 Å². The zero-order valence-corrected chi connectivity index (χ0v) is 12.3. The van der Waals surface area contributed by atoms with E-state index in [4.69, 9.17) is 5.73 Å². The summed E-state index contributed by atoms with van der Waals surface area (Å²) in [5.74, 6) is -0.0823. The van der Waals surface area contributed by atoms with E-state index in [0.717, 1.165) is 12.6 Å². The van der Waals surface area contributed by atoms with Crippen LogP contribution in [0.5, 0.6) is 0 Å². The summed E-state index contributed by atoms with van der Waals surface area (Å²) in [6.45, 7) is 4.85. The Morgan fingerprint density at radius 3 is 2.86 bits per heavy atom. The Bertz CT molecular complexity index is 708. The molecule has 1 aromatic heterocycles. The Kier molecular flexibility index (Phi) is 4.40. The second-order valence-electron chi connectivity index (χ2n) is 5.33. The van der Waals surface area contributed by atoms with Gasteiger partial charge in [0.2, 0.25) is 0 Å². The highest BCUT2D eigenvalue weighted by Crippen LogP contribution is 2.21. The Morgan fingerprint density at radius 1 is 1.50 bits per heavy atom. The standard InChI is InChI=1S/C14H17N5O3/c1-9(2)7-18-8-10(6-16-18)17-14(20)12-5-11(19(21)22)3-4-13(12)15/h3-6,8-9H,7,15H2,1-2H3,(H,17,20). The van der Waals surface area contributed by atoms with Crippen molar-refractivity contribution in [3.8, 4) is 0 Å². The highest BCUT2D eigenvalue weighted by molar-refractivity contribution is 6.08. The number of amides is 1. The smallest absolute Gasteiger partial charge is 0.270 e. The quantitative estimate of drug-likeness (QED) is 0.499. The zero-order valence-electron chi connectivity index (χ0n) is 12.3. The first-order valence-electron chi connectivity index (χ1n) is 6.74. The van der Waals surface area contributed by atoms with Crippen molar-refractivity contribution in [2.45, 2.75) is 20.4 Å². The normalized spacial score (nSPS) is 10.7. The predicted molar refractivity (Wildman–Crippen MR) is 82.5 cm³/mol. The number of benzene rings is 1. The van der Waals surface area contributed by atoms with Crippen LogP contribution in [0.3, 0.4) is 0 Å². The molecule has 0 fully saturated rings. The molecule has 0 atom stereocenters. The second kappa shape index (κ2) is 6.25.